The fourth-order valence-electron chi connectivity index (χ4n) is 2.57. The standard InChI is InChI=1S/C13H23N3O4/c1-4-5-13(11(18)19)6-7-16(8-13)12(20)15-9(2)10(17)14-3/h9H,4-8H2,1-3H3,(H,14,17)(H,15,20)(H,18,19). The fraction of sp³-hybridized carbons (Fsp3) is 0.769. The Labute approximate surface area is 118 Å². The summed E-state index contributed by atoms with van der Waals surface area (Å²) in [5.41, 5.74) is -0.845. The van der Waals surface area contributed by atoms with E-state index in [4.69, 9.17) is 0 Å². The molecule has 3 amide bonds. The van der Waals surface area contributed by atoms with Gasteiger partial charge in [0.1, 0.15) is 6.04 Å². The van der Waals surface area contributed by atoms with Crippen LogP contribution in [0.25, 0.3) is 0 Å². The Balaban J connectivity index is 2.64. The first kappa shape index (κ1) is 16.3. The van der Waals surface area contributed by atoms with Crippen molar-refractivity contribution in [2.75, 3.05) is 20.1 Å². The van der Waals surface area contributed by atoms with Crippen molar-refractivity contribution in [1.29, 1.82) is 0 Å². The molecule has 1 aliphatic heterocycles. The van der Waals surface area contributed by atoms with E-state index >= 15 is 0 Å². The Morgan fingerprint density at radius 1 is 1.40 bits per heavy atom. The van der Waals surface area contributed by atoms with Gasteiger partial charge in [0, 0.05) is 20.1 Å². The third kappa shape index (κ3) is 3.40. The number of amides is 3. The molecule has 1 aliphatic rings. The lowest BCUT2D eigenvalue weighted by Gasteiger charge is -2.25. The summed E-state index contributed by atoms with van der Waals surface area (Å²) in [5.74, 6) is -1.13. The van der Waals surface area contributed by atoms with Gasteiger partial charge in [-0.15, -0.1) is 0 Å². The molecule has 0 aromatic carbocycles. The van der Waals surface area contributed by atoms with Crippen LogP contribution in [-0.2, 0) is 9.59 Å². The summed E-state index contributed by atoms with van der Waals surface area (Å²) in [6, 6.07) is -1.03. The van der Waals surface area contributed by atoms with Crippen molar-refractivity contribution in [3.63, 3.8) is 0 Å². The minimum Gasteiger partial charge on any atom is -0.481 e. The normalized spacial score (nSPS) is 23.2. The van der Waals surface area contributed by atoms with Gasteiger partial charge in [-0.05, 0) is 19.8 Å². The number of likely N-dealkylation sites (tertiary alicyclic amines) is 1. The van der Waals surface area contributed by atoms with Crippen LogP contribution in [0.4, 0.5) is 4.79 Å². The lowest BCUT2D eigenvalue weighted by molar-refractivity contribution is -0.148. The molecule has 0 aromatic rings. The Morgan fingerprint density at radius 3 is 2.55 bits per heavy atom. The van der Waals surface area contributed by atoms with E-state index in [-0.39, 0.29) is 18.5 Å². The van der Waals surface area contributed by atoms with Crippen molar-refractivity contribution in [2.45, 2.75) is 39.2 Å². The highest BCUT2D eigenvalue weighted by molar-refractivity contribution is 5.87. The molecule has 0 spiro atoms. The molecule has 1 fully saturated rings. The molecule has 1 saturated heterocycles. The molecular weight excluding hydrogens is 262 g/mol. The first-order chi connectivity index (χ1) is 9.36. The number of carbonyl (C=O) groups excluding carboxylic acids is 2. The van der Waals surface area contributed by atoms with Crippen LogP contribution in [0.15, 0.2) is 0 Å². The van der Waals surface area contributed by atoms with Crippen molar-refractivity contribution in [1.82, 2.24) is 15.5 Å². The Morgan fingerprint density at radius 2 is 2.05 bits per heavy atom. The van der Waals surface area contributed by atoms with Crippen LogP contribution in [0.5, 0.6) is 0 Å². The number of hydrogen-bond donors (Lipinski definition) is 3. The van der Waals surface area contributed by atoms with E-state index in [1.165, 1.54) is 11.9 Å². The monoisotopic (exact) mass is 285 g/mol. The fourth-order valence-corrected chi connectivity index (χ4v) is 2.57. The number of nitrogens with zero attached hydrogens (tertiary/aromatic N) is 1. The van der Waals surface area contributed by atoms with Crippen LogP contribution in [0.3, 0.4) is 0 Å². The average molecular weight is 285 g/mol. The Kier molecular flexibility index (Phi) is 5.35. The molecule has 2 unspecified atom stereocenters. The third-order valence-corrected chi connectivity index (χ3v) is 3.80. The highest BCUT2D eigenvalue weighted by Gasteiger charge is 2.45. The SMILES string of the molecule is CCCC1(C(=O)O)CCN(C(=O)NC(C)C(=O)NC)C1. The predicted octanol–water partition coefficient (Wildman–Crippen LogP) is 0.407. The smallest absolute Gasteiger partial charge is 0.318 e. The summed E-state index contributed by atoms with van der Waals surface area (Å²) in [5, 5.41) is 14.4. The van der Waals surface area contributed by atoms with E-state index in [2.05, 4.69) is 10.6 Å². The molecule has 114 valence electrons. The number of hydrogen-bond acceptors (Lipinski definition) is 3. The van der Waals surface area contributed by atoms with Gasteiger partial charge in [-0.1, -0.05) is 13.3 Å². The minimum absolute atomic E-state index is 0.197. The quantitative estimate of drug-likeness (QED) is 0.681. The molecule has 20 heavy (non-hydrogen) atoms. The molecule has 0 bridgehead atoms. The van der Waals surface area contributed by atoms with Gasteiger partial charge in [0.15, 0.2) is 0 Å². The van der Waals surface area contributed by atoms with Crippen molar-refractivity contribution < 1.29 is 19.5 Å². The first-order valence-corrected chi connectivity index (χ1v) is 6.86. The highest BCUT2D eigenvalue weighted by Crippen LogP contribution is 2.35. The van der Waals surface area contributed by atoms with Crippen LogP contribution in [-0.4, -0.2) is 54.1 Å². The maximum Gasteiger partial charge on any atom is 0.318 e. The van der Waals surface area contributed by atoms with Crippen molar-refractivity contribution in [2.24, 2.45) is 5.41 Å². The molecule has 2 atom stereocenters. The zero-order chi connectivity index (χ0) is 15.3. The van der Waals surface area contributed by atoms with Crippen molar-refractivity contribution in [3.05, 3.63) is 0 Å². The Hall–Kier alpha value is -1.79. The number of carbonyl (C=O) groups is 3. The second-order valence-electron chi connectivity index (χ2n) is 5.29. The number of urea groups is 1. The summed E-state index contributed by atoms with van der Waals surface area (Å²) in [6.07, 6.45) is 1.77. The molecule has 0 aromatic heterocycles. The van der Waals surface area contributed by atoms with Gasteiger partial charge in [0.2, 0.25) is 5.91 Å². The van der Waals surface area contributed by atoms with Crippen molar-refractivity contribution in [3.8, 4) is 0 Å². The summed E-state index contributed by atoms with van der Waals surface area (Å²) in [4.78, 5) is 36.3. The summed E-state index contributed by atoms with van der Waals surface area (Å²) in [7, 11) is 1.50. The molecule has 0 saturated carbocycles. The largest absolute Gasteiger partial charge is 0.481 e. The maximum atomic E-state index is 12.0. The van der Waals surface area contributed by atoms with Gasteiger partial charge >= 0.3 is 12.0 Å². The van der Waals surface area contributed by atoms with Crippen molar-refractivity contribution >= 4 is 17.9 Å². The zero-order valence-electron chi connectivity index (χ0n) is 12.2. The molecule has 7 heteroatoms. The summed E-state index contributed by atoms with van der Waals surface area (Å²) < 4.78 is 0. The first-order valence-electron chi connectivity index (χ1n) is 6.86. The Bertz CT molecular complexity index is 399. The van der Waals surface area contributed by atoms with Gasteiger partial charge in [0.25, 0.3) is 0 Å². The molecule has 0 radical (unpaired) electrons. The van der Waals surface area contributed by atoms with Crippen LogP contribution < -0.4 is 10.6 Å². The zero-order valence-corrected chi connectivity index (χ0v) is 12.2. The number of rotatable bonds is 5. The topological polar surface area (TPSA) is 98.7 Å². The molecule has 1 rings (SSSR count). The number of carboxylic acids is 1. The third-order valence-electron chi connectivity index (χ3n) is 3.80. The number of aliphatic carboxylic acids is 1. The number of nitrogens with one attached hydrogen (secondary N) is 2. The van der Waals surface area contributed by atoms with Gasteiger partial charge in [0.05, 0.1) is 5.41 Å². The lowest BCUT2D eigenvalue weighted by atomic mass is 9.83. The van der Waals surface area contributed by atoms with E-state index in [1.54, 1.807) is 6.92 Å². The second-order valence-corrected chi connectivity index (χ2v) is 5.29. The molecule has 3 N–H and O–H groups in total. The van der Waals surface area contributed by atoms with Gasteiger partial charge in [-0.2, -0.15) is 0 Å². The number of carboxylic acid groups (broad SMARTS) is 1. The maximum absolute atomic E-state index is 12.0. The predicted molar refractivity (Wildman–Crippen MR) is 73.2 cm³/mol. The van der Waals surface area contributed by atoms with Crippen LogP contribution in [0.2, 0.25) is 0 Å². The van der Waals surface area contributed by atoms with Gasteiger partial charge in [-0.25, -0.2) is 4.79 Å². The van der Waals surface area contributed by atoms with Crippen LogP contribution >= 0.6 is 0 Å². The molecule has 7 nitrogen and oxygen atoms in total. The summed E-state index contributed by atoms with van der Waals surface area (Å²) in [6.45, 7) is 4.12. The second kappa shape index (κ2) is 6.58. The van der Waals surface area contributed by atoms with E-state index in [0.29, 0.717) is 19.4 Å². The average Bonchev–Trinajstić information content (AvgIpc) is 2.83. The van der Waals surface area contributed by atoms with E-state index in [1.807, 2.05) is 6.92 Å². The van der Waals surface area contributed by atoms with Gasteiger partial charge in [-0.3, -0.25) is 9.59 Å². The highest BCUT2D eigenvalue weighted by atomic mass is 16.4. The lowest BCUT2D eigenvalue weighted by Crippen LogP contribution is -2.49. The molecular formula is C13H23N3O4. The van der Waals surface area contributed by atoms with Crippen LogP contribution in [0.1, 0.15) is 33.1 Å². The van der Waals surface area contributed by atoms with E-state index in [9.17, 15) is 19.5 Å². The summed E-state index contributed by atoms with van der Waals surface area (Å²) >= 11 is 0. The molecule has 1 heterocycles. The molecule has 0 aliphatic carbocycles. The van der Waals surface area contributed by atoms with Gasteiger partial charge < -0.3 is 20.6 Å². The van der Waals surface area contributed by atoms with E-state index < -0.39 is 17.4 Å². The van der Waals surface area contributed by atoms with Crippen LogP contribution in [0, 0.1) is 5.41 Å². The number of likely N-dealkylation sites (N-methyl/N-ethyl adjacent to an activating group) is 1. The minimum atomic E-state index is -0.853. The van der Waals surface area contributed by atoms with E-state index in [0.717, 1.165) is 6.42 Å².